The maximum absolute atomic E-state index is 14.2. The van der Waals surface area contributed by atoms with Crippen LogP contribution < -0.4 is 10.6 Å². The van der Waals surface area contributed by atoms with Crippen LogP contribution in [-0.2, 0) is 66.7 Å². The summed E-state index contributed by atoms with van der Waals surface area (Å²) in [6.45, 7) is 22.6. The molecule has 7 atom stereocenters. The molecule has 1 saturated heterocycles. The van der Waals surface area contributed by atoms with Crippen molar-refractivity contribution in [1.82, 2.24) is 10.6 Å². The van der Waals surface area contributed by atoms with Gasteiger partial charge in [0, 0.05) is 23.8 Å². The Hall–Kier alpha value is -6.24. The van der Waals surface area contributed by atoms with Crippen LogP contribution in [0.3, 0.4) is 0 Å². The van der Waals surface area contributed by atoms with Crippen molar-refractivity contribution in [2.75, 3.05) is 26.3 Å². The van der Waals surface area contributed by atoms with Crippen molar-refractivity contribution >= 4 is 41.8 Å². The van der Waals surface area contributed by atoms with Gasteiger partial charge in [0.25, 0.3) is 0 Å². The summed E-state index contributed by atoms with van der Waals surface area (Å²) in [5.41, 5.74) is 7.86. The number of amides is 2. The molecule has 1 fully saturated rings. The van der Waals surface area contributed by atoms with Gasteiger partial charge in [0.2, 0.25) is 5.91 Å². The zero-order valence-corrected chi connectivity index (χ0v) is 44.9. The minimum absolute atomic E-state index is 0.115. The van der Waals surface area contributed by atoms with Crippen LogP contribution in [0.25, 0.3) is 21.6 Å². The fourth-order valence-electron chi connectivity index (χ4n) is 7.41. The highest BCUT2D eigenvalue weighted by molar-refractivity contribution is 5.88. The van der Waals surface area contributed by atoms with Crippen LogP contribution >= 0.6 is 0 Å². The first-order chi connectivity index (χ1) is 33.7. The molecular weight excluding hydrogens is 947 g/mol. The van der Waals surface area contributed by atoms with Crippen LogP contribution in [0.5, 0.6) is 0 Å². The molecule has 0 saturated carbocycles. The number of hydrogen-bond acceptors (Lipinski definition) is 16. The number of alkyl carbamates (subject to hydrolysis) is 1. The van der Waals surface area contributed by atoms with Crippen LogP contribution in [0.1, 0.15) is 134 Å². The van der Waals surface area contributed by atoms with Gasteiger partial charge in [-0.3, -0.25) is 28.8 Å². The third-order valence-electron chi connectivity index (χ3n) is 11.4. The van der Waals surface area contributed by atoms with Crippen molar-refractivity contribution in [2.24, 2.45) is 26.8 Å². The number of carbonyl (C=O) groups excluding carboxylic acids is 7. The molecule has 2 aromatic rings. The molecule has 2 amide bonds. The van der Waals surface area contributed by atoms with E-state index in [0.717, 1.165) is 22.3 Å². The first-order valence-corrected chi connectivity index (χ1v) is 24.4. The van der Waals surface area contributed by atoms with Crippen LogP contribution in [-0.4, -0.2) is 117 Å². The third kappa shape index (κ3) is 17.2. The lowest BCUT2D eigenvalue weighted by atomic mass is 9.93. The second-order valence-corrected chi connectivity index (χ2v) is 23.3. The van der Waals surface area contributed by atoms with E-state index in [1.807, 2.05) is 48.5 Å². The Kier molecular flexibility index (Phi) is 19.7. The normalized spacial score (nSPS) is 19.8. The lowest BCUT2D eigenvalue weighted by molar-refractivity contribution is -0.321. The molecule has 0 bridgehead atoms. The molecule has 402 valence electrons. The number of ether oxygens (including phenoxy) is 8. The van der Waals surface area contributed by atoms with Crippen molar-refractivity contribution in [3.63, 3.8) is 0 Å². The first kappa shape index (κ1) is 59.3. The Balaban J connectivity index is 1.81. The smallest absolute Gasteiger partial charge is 0.407 e. The number of nitrogens with zero attached hydrogens (tertiary/aromatic N) is 3. The number of rotatable bonds is 18. The molecule has 0 aromatic heterocycles. The second kappa shape index (κ2) is 24.2. The largest absolute Gasteiger partial charge is 0.462 e. The fourth-order valence-corrected chi connectivity index (χ4v) is 7.41. The van der Waals surface area contributed by atoms with Gasteiger partial charge in [0.15, 0.2) is 24.6 Å². The van der Waals surface area contributed by atoms with E-state index in [0.29, 0.717) is 0 Å². The van der Waals surface area contributed by atoms with Crippen LogP contribution in [0.15, 0.2) is 53.6 Å². The van der Waals surface area contributed by atoms with E-state index in [1.54, 1.807) is 104 Å². The molecule has 4 rings (SSSR count). The van der Waals surface area contributed by atoms with Crippen molar-refractivity contribution in [2.45, 2.75) is 171 Å². The van der Waals surface area contributed by atoms with Crippen LogP contribution in [0.4, 0.5) is 4.79 Å². The molecular formula is C53H75N5O15. The predicted molar refractivity (Wildman–Crippen MR) is 266 cm³/mol. The summed E-state index contributed by atoms with van der Waals surface area (Å²) in [7, 11) is 0. The minimum atomic E-state index is -1.76. The fraction of sp³-hybridized carbons (Fsp3) is 0.642. The van der Waals surface area contributed by atoms with E-state index in [2.05, 4.69) is 20.7 Å². The van der Waals surface area contributed by atoms with E-state index in [9.17, 15) is 39.1 Å². The number of azide groups is 1. The Bertz CT molecular complexity index is 2320. The van der Waals surface area contributed by atoms with E-state index in [-0.39, 0.29) is 25.5 Å². The lowest BCUT2D eigenvalue weighted by Crippen LogP contribution is -2.64. The molecule has 0 unspecified atom stereocenters. The summed E-state index contributed by atoms with van der Waals surface area (Å²) in [5, 5.41) is 8.80. The van der Waals surface area contributed by atoms with Gasteiger partial charge in [-0.15, -0.1) is 0 Å². The maximum atomic E-state index is 14.2. The summed E-state index contributed by atoms with van der Waals surface area (Å²) in [5.74, 6) is -5.01. The SMILES string of the molecule is CC(C)(C)OC(=O)CNC(=O)[C@H](C[C@@H](CCN=[N+]=[N-])O[C@@H]1O[C@H](COC(=O)C(C)(C)C)[C@H](OC(=O)C(C)(C)C)[C@H](OC(=O)C(C)(C)C)[C@H]1OC(=O)C(C)(C)C)NC(=O)OCC1c2ccccc2-c2ccccc21. The number of benzene rings is 2. The third-order valence-corrected chi connectivity index (χ3v) is 11.4. The van der Waals surface area contributed by atoms with Gasteiger partial charge >= 0.3 is 35.9 Å². The summed E-state index contributed by atoms with van der Waals surface area (Å²) in [4.78, 5) is 98.7. The molecule has 1 aliphatic heterocycles. The van der Waals surface area contributed by atoms with E-state index >= 15 is 0 Å². The quantitative estimate of drug-likeness (QED) is 0.0471. The molecule has 73 heavy (non-hydrogen) atoms. The van der Waals surface area contributed by atoms with Gasteiger partial charge in [-0.25, -0.2) is 4.79 Å². The minimum Gasteiger partial charge on any atom is -0.462 e. The van der Waals surface area contributed by atoms with E-state index in [4.69, 9.17) is 37.9 Å². The molecule has 2 aliphatic rings. The predicted octanol–water partition coefficient (Wildman–Crippen LogP) is 8.02. The number of fused-ring (bicyclic) bond motifs is 3. The number of carbonyl (C=O) groups is 7. The number of nitrogens with one attached hydrogen (secondary N) is 2. The van der Waals surface area contributed by atoms with Gasteiger partial charge < -0.3 is 48.5 Å². The first-order valence-electron chi connectivity index (χ1n) is 24.4. The molecule has 1 aliphatic carbocycles. The van der Waals surface area contributed by atoms with Crippen LogP contribution in [0, 0.1) is 21.7 Å². The van der Waals surface area contributed by atoms with Crippen LogP contribution in [0.2, 0.25) is 0 Å². The maximum Gasteiger partial charge on any atom is 0.407 e. The Labute approximate surface area is 428 Å². The standard InChI is InChI=1S/C53H75N5O15/c1-49(2,3)44(61)66-29-37-39(70-45(62)50(4,5)6)40(71-46(63)51(7,8)9)41(72-47(64)52(10,11)12)43(69-37)68-30(24-25-56-58-54)26-36(42(60)55-27-38(59)73-53(13,14)15)57-48(65)67-28-35-33-22-18-16-20-31(33)32-21-17-19-23-34(32)35/h16-23,30,35-37,39-41,43H,24-29H2,1-15H3,(H,55,60)(H,57,65)/t30-,36+,37-,39+,40+,41-,43-/m1/s1. The molecule has 0 spiro atoms. The Morgan fingerprint density at radius 2 is 1.15 bits per heavy atom. The molecule has 20 nitrogen and oxygen atoms in total. The van der Waals surface area contributed by atoms with Crippen molar-refractivity contribution < 1.29 is 71.5 Å². The van der Waals surface area contributed by atoms with Crippen molar-refractivity contribution in [3.05, 3.63) is 70.1 Å². The van der Waals surface area contributed by atoms with Gasteiger partial charge in [0.1, 0.15) is 37.5 Å². The van der Waals surface area contributed by atoms with Gasteiger partial charge in [0.05, 0.1) is 27.8 Å². The average molecular weight is 1020 g/mol. The zero-order chi connectivity index (χ0) is 54.9. The Morgan fingerprint density at radius 1 is 0.658 bits per heavy atom. The molecule has 2 aromatic carbocycles. The highest BCUT2D eigenvalue weighted by Gasteiger charge is 2.56. The topological polar surface area (TPSA) is 266 Å². The van der Waals surface area contributed by atoms with Gasteiger partial charge in [-0.05, 0) is 138 Å². The molecule has 2 N–H and O–H groups in total. The summed E-state index contributed by atoms with van der Waals surface area (Å²) >= 11 is 0. The van der Waals surface area contributed by atoms with E-state index < -0.39 is 132 Å². The average Bonchev–Trinajstić information content (AvgIpc) is 3.59. The second-order valence-electron chi connectivity index (χ2n) is 23.3. The summed E-state index contributed by atoms with van der Waals surface area (Å²) < 4.78 is 48.4. The highest BCUT2D eigenvalue weighted by Crippen LogP contribution is 2.44. The lowest BCUT2D eigenvalue weighted by Gasteiger charge is -2.46. The van der Waals surface area contributed by atoms with Gasteiger partial charge in [-0.1, -0.05) is 53.6 Å². The van der Waals surface area contributed by atoms with Gasteiger partial charge in [-0.2, -0.15) is 0 Å². The molecule has 0 radical (unpaired) electrons. The number of hydrogen-bond donors (Lipinski definition) is 2. The molecule has 20 heteroatoms. The zero-order valence-electron chi connectivity index (χ0n) is 44.9. The van der Waals surface area contributed by atoms with Crippen molar-refractivity contribution in [1.29, 1.82) is 0 Å². The monoisotopic (exact) mass is 1020 g/mol. The number of esters is 5. The highest BCUT2D eigenvalue weighted by atomic mass is 16.7. The Morgan fingerprint density at radius 3 is 1.64 bits per heavy atom. The van der Waals surface area contributed by atoms with E-state index in [1.165, 1.54) is 0 Å². The molecule has 1 heterocycles. The summed E-state index contributed by atoms with van der Waals surface area (Å²) in [6, 6.07) is 13.9. The summed E-state index contributed by atoms with van der Waals surface area (Å²) in [6.07, 6.45) is -11.0. The van der Waals surface area contributed by atoms with Crippen molar-refractivity contribution in [3.8, 4) is 11.1 Å².